The summed E-state index contributed by atoms with van der Waals surface area (Å²) in [5.41, 5.74) is 8.47. The van der Waals surface area contributed by atoms with E-state index in [4.69, 9.17) is 5.73 Å². The highest BCUT2D eigenvalue weighted by Crippen LogP contribution is 2.31. The quantitative estimate of drug-likeness (QED) is 0.707. The Bertz CT molecular complexity index is 621. The molecule has 2 nitrogen and oxygen atoms in total. The number of rotatable bonds is 5. The maximum absolute atomic E-state index is 12.7. The van der Waals surface area contributed by atoms with Crippen LogP contribution >= 0.6 is 0 Å². The van der Waals surface area contributed by atoms with Gasteiger partial charge in [-0.15, -0.1) is 0 Å². The minimum Gasteiger partial charge on any atom is -0.384 e. The zero-order chi connectivity index (χ0) is 17.6. The first kappa shape index (κ1) is 19.0. The molecule has 0 bridgehead atoms. The van der Waals surface area contributed by atoms with Crippen molar-refractivity contribution in [3.05, 3.63) is 52.9 Å². The van der Waals surface area contributed by atoms with E-state index in [2.05, 4.69) is 4.99 Å². The summed E-state index contributed by atoms with van der Waals surface area (Å²) < 4.78 is 38.1. The number of aliphatic imine (C=N–C) groups is 1. The van der Waals surface area contributed by atoms with Crippen LogP contribution in [-0.4, -0.2) is 5.71 Å². The molecule has 126 valence electrons. The van der Waals surface area contributed by atoms with Crippen molar-refractivity contribution in [2.24, 2.45) is 10.7 Å². The number of nitrogens with two attached hydrogens (primary N) is 1. The van der Waals surface area contributed by atoms with E-state index in [-0.39, 0.29) is 0 Å². The fourth-order valence-corrected chi connectivity index (χ4v) is 2.27. The van der Waals surface area contributed by atoms with Gasteiger partial charge in [0.1, 0.15) is 5.82 Å². The van der Waals surface area contributed by atoms with Crippen molar-refractivity contribution in [2.75, 3.05) is 0 Å². The number of nitrogens with zero attached hydrogens (tertiary/aromatic N) is 1. The van der Waals surface area contributed by atoms with Gasteiger partial charge in [0.25, 0.3) is 0 Å². The number of allylic oxidation sites excluding steroid dienone is 3. The fraction of sp³-hybridized carbons (Fsp3) is 0.389. The molecule has 1 rings (SSSR count). The second-order valence-corrected chi connectivity index (χ2v) is 5.32. The van der Waals surface area contributed by atoms with Crippen LogP contribution in [0.15, 0.2) is 46.7 Å². The maximum Gasteiger partial charge on any atom is 0.416 e. The van der Waals surface area contributed by atoms with Gasteiger partial charge in [-0.3, -0.25) is 0 Å². The Labute approximate surface area is 135 Å². The van der Waals surface area contributed by atoms with E-state index in [0.717, 1.165) is 36.1 Å². The SMILES string of the molecule is CC/C=C(N)\N=C(\C)C(=C(C)CC)c1ccc(C(F)(F)F)cc1. The molecule has 0 aliphatic carbocycles. The van der Waals surface area contributed by atoms with Crippen molar-refractivity contribution in [1.82, 2.24) is 0 Å². The Morgan fingerprint density at radius 3 is 2.13 bits per heavy atom. The van der Waals surface area contributed by atoms with E-state index in [1.54, 1.807) is 6.08 Å². The Balaban J connectivity index is 3.32. The molecule has 5 heteroatoms. The average Bonchev–Trinajstić information content (AvgIpc) is 2.47. The molecule has 1 aromatic rings. The molecule has 0 saturated heterocycles. The van der Waals surface area contributed by atoms with Crippen molar-refractivity contribution in [2.45, 2.75) is 46.7 Å². The lowest BCUT2D eigenvalue weighted by molar-refractivity contribution is -0.137. The standard InChI is InChI=1S/C18H23F3N2/c1-5-7-16(22)23-13(4)17(12(3)6-2)14-8-10-15(11-9-14)18(19,20)21/h7-11H,5-6,22H2,1-4H3/b16-7-,17-12?,23-13-. The third-order valence-electron chi connectivity index (χ3n) is 3.53. The van der Waals surface area contributed by atoms with E-state index in [1.165, 1.54) is 12.1 Å². The average molecular weight is 324 g/mol. The van der Waals surface area contributed by atoms with Crippen LogP contribution < -0.4 is 5.73 Å². The van der Waals surface area contributed by atoms with E-state index >= 15 is 0 Å². The normalized spacial score (nSPS) is 14.7. The third kappa shape index (κ3) is 5.27. The first-order valence-corrected chi connectivity index (χ1v) is 7.59. The van der Waals surface area contributed by atoms with Gasteiger partial charge in [0.15, 0.2) is 0 Å². The smallest absolute Gasteiger partial charge is 0.384 e. The van der Waals surface area contributed by atoms with Crippen LogP contribution in [-0.2, 0) is 6.18 Å². The van der Waals surface area contributed by atoms with Gasteiger partial charge >= 0.3 is 6.18 Å². The van der Waals surface area contributed by atoms with Crippen LogP contribution in [0.1, 0.15) is 51.7 Å². The summed E-state index contributed by atoms with van der Waals surface area (Å²) in [7, 11) is 0. The molecule has 0 aliphatic rings. The molecule has 0 fully saturated rings. The Kier molecular flexibility index (Phi) is 6.61. The number of benzene rings is 1. The lowest BCUT2D eigenvalue weighted by Gasteiger charge is -2.14. The first-order chi connectivity index (χ1) is 10.7. The van der Waals surface area contributed by atoms with E-state index in [1.807, 2.05) is 27.7 Å². The van der Waals surface area contributed by atoms with Crippen molar-refractivity contribution >= 4 is 11.3 Å². The van der Waals surface area contributed by atoms with Gasteiger partial charge in [-0.05, 0) is 50.5 Å². The van der Waals surface area contributed by atoms with Crippen LogP contribution in [0.2, 0.25) is 0 Å². The maximum atomic E-state index is 12.7. The summed E-state index contributed by atoms with van der Waals surface area (Å²) >= 11 is 0. The number of alkyl halides is 3. The van der Waals surface area contributed by atoms with Crippen LogP contribution in [0.5, 0.6) is 0 Å². The Morgan fingerprint density at radius 1 is 1.13 bits per heavy atom. The van der Waals surface area contributed by atoms with Gasteiger partial charge in [-0.2, -0.15) is 13.2 Å². The molecule has 0 heterocycles. The van der Waals surface area contributed by atoms with Gasteiger partial charge in [0.2, 0.25) is 0 Å². The Hall–Kier alpha value is -2.04. The fourth-order valence-electron chi connectivity index (χ4n) is 2.27. The van der Waals surface area contributed by atoms with Gasteiger partial charge in [-0.25, -0.2) is 4.99 Å². The van der Waals surface area contributed by atoms with Crippen LogP contribution in [0.3, 0.4) is 0 Å². The van der Waals surface area contributed by atoms with E-state index in [9.17, 15) is 13.2 Å². The largest absolute Gasteiger partial charge is 0.416 e. The predicted molar refractivity (Wildman–Crippen MR) is 90.0 cm³/mol. The summed E-state index contributed by atoms with van der Waals surface area (Å²) in [6.45, 7) is 7.73. The third-order valence-corrected chi connectivity index (χ3v) is 3.53. The Morgan fingerprint density at radius 2 is 1.70 bits per heavy atom. The molecule has 0 aromatic heterocycles. The second-order valence-electron chi connectivity index (χ2n) is 5.32. The number of hydrogen-bond donors (Lipinski definition) is 1. The first-order valence-electron chi connectivity index (χ1n) is 7.59. The molecule has 0 atom stereocenters. The summed E-state index contributed by atoms with van der Waals surface area (Å²) in [6, 6.07) is 5.15. The highest BCUT2D eigenvalue weighted by molar-refractivity contribution is 6.23. The molecule has 0 radical (unpaired) electrons. The molecule has 0 spiro atoms. The van der Waals surface area contributed by atoms with Crippen LogP contribution in [0.25, 0.3) is 5.57 Å². The molecule has 23 heavy (non-hydrogen) atoms. The monoisotopic (exact) mass is 324 g/mol. The lowest BCUT2D eigenvalue weighted by Crippen LogP contribution is -2.07. The highest BCUT2D eigenvalue weighted by atomic mass is 19.4. The van der Waals surface area contributed by atoms with E-state index in [0.29, 0.717) is 17.1 Å². The van der Waals surface area contributed by atoms with Crippen molar-refractivity contribution in [3.63, 3.8) is 0 Å². The van der Waals surface area contributed by atoms with Gasteiger partial charge in [0.05, 0.1) is 5.56 Å². The molecule has 0 aliphatic heterocycles. The summed E-state index contributed by atoms with van der Waals surface area (Å²) in [5, 5.41) is 0. The van der Waals surface area contributed by atoms with Crippen LogP contribution in [0, 0.1) is 0 Å². The summed E-state index contributed by atoms with van der Waals surface area (Å²) in [6.07, 6.45) is -0.982. The molecule has 1 aromatic carbocycles. The second kappa shape index (κ2) is 7.99. The van der Waals surface area contributed by atoms with E-state index < -0.39 is 11.7 Å². The molecule has 0 saturated carbocycles. The number of hydrogen-bond acceptors (Lipinski definition) is 2. The highest BCUT2D eigenvalue weighted by Gasteiger charge is 2.30. The molecule has 0 amide bonds. The van der Waals surface area contributed by atoms with Crippen molar-refractivity contribution in [1.29, 1.82) is 0 Å². The summed E-state index contributed by atoms with van der Waals surface area (Å²) in [4.78, 5) is 4.36. The topological polar surface area (TPSA) is 38.4 Å². The van der Waals surface area contributed by atoms with Crippen molar-refractivity contribution < 1.29 is 13.2 Å². The molecular formula is C18H23F3N2. The predicted octanol–water partition coefficient (Wildman–Crippen LogP) is 5.56. The number of halogens is 3. The van der Waals surface area contributed by atoms with Gasteiger partial charge < -0.3 is 5.73 Å². The molecule has 2 N–H and O–H groups in total. The molecular weight excluding hydrogens is 301 g/mol. The van der Waals surface area contributed by atoms with Gasteiger partial charge in [-0.1, -0.05) is 31.6 Å². The van der Waals surface area contributed by atoms with Crippen molar-refractivity contribution in [3.8, 4) is 0 Å². The summed E-state index contributed by atoms with van der Waals surface area (Å²) in [5.74, 6) is 0.415. The minimum absolute atomic E-state index is 0.415. The lowest BCUT2D eigenvalue weighted by atomic mass is 9.94. The van der Waals surface area contributed by atoms with Gasteiger partial charge in [0, 0.05) is 11.3 Å². The minimum atomic E-state index is -4.33. The zero-order valence-electron chi connectivity index (χ0n) is 14.0. The van der Waals surface area contributed by atoms with Crippen LogP contribution in [0.4, 0.5) is 13.2 Å². The molecule has 0 unspecified atom stereocenters. The zero-order valence-corrected chi connectivity index (χ0v) is 14.0.